The van der Waals surface area contributed by atoms with Gasteiger partial charge in [-0.1, -0.05) is 0 Å². The average molecular weight is 265 g/mol. The second-order valence-electron chi connectivity index (χ2n) is 4.95. The number of rotatable bonds is 3. The molecular weight excluding hydrogens is 246 g/mol. The molecule has 104 valence electrons. The van der Waals surface area contributed by atoms with Gasteiger partial charge in [0.25, 0.3) is 0 Å². The Labute approximate surface area is 112 Å². The van der Waals surface area contributed by atoms with Gasteiger partial charge in [-0.3, -0.25) is 14.3 Å². The molecule has 1 N–H and O–H groups in total. The molecule has 2 atom stereocenters. The van der Waals surface area contributed by atoms with E-state index in [0.29, 0.717) is 19.4 Å². The zero-order valence-electron chi connectivity index (χ0n) is 11.5. The molecule has 0 spiro atoms. The van der Waals surface area contributed by atoms with Crippen molar-refractivity contribution in [2.75, 3.05) is 6.54 Å². The summed E-state index contributed by atoms with van der Waals surface area (Å²) >= 11 is 0. The number of piperidine rings is 1. The van der Waals surface area contributed by atoms with Crippen LogP contribution < -0.4 is 0 Å². The average Bonchev–Trinajstić information content (AvgIpc) is 2.67. The van der Waals surface area contributed by atoms with Crippen molar-refractivity contribution in [1.82, 2.24) is 14.7 Å². The summed E-state index contributed by atoms with van der Waals surface area (Å²) in [6.07, 6.45) is 2.52. The number of likely N-dealkylation sites (tertiary alicyclic amines) is 1. The number of hydrogen-bond acceptors (Lipinski definition) is 3. The second kappa shape index (κ2) is 5.03. The highest BCUT2D eigenvalue weighted by molar-refractivity contribution is 5.81. The minimum absolute atomic E-state index is 0.0215. The molecule has 19 heavy (non-hydrogen) atoms. The summed E-state index contributed by atoms with van der Waals surface area (Å²) in [5.74, 6) is -1.38. The number of nitrogens with zero attached hydrogens (tertiary/aromatic N) is 3. The molecule has 2 rings (SSSR count). The number of aryl methyl sites for hydroxylation is 2. The van der Waals surface area contributed by atoms with E-state index >= 15 is 0 Å². The number of aromatic nitrogens is 2. The van der Waals surface area contributed by atoms with Gasteiger partial charge >= 0.3 is 5.97 Å². The zero-order valence-corrected chi connectivity index (χ0v) is 11.5. The number of amides is 1. The Morgan fingerprint density at radius 1 is 1.58 bits per heavy atom. The van der Waals surface area contributed by atoms with Gasteiger partial charge in [0.05, 0.1) is 17.7 Å². The van der Waals surface area contributed by atoms with Crippen LogP contribution in [0.2, 0.25) is 0 Å². The molecule has 6 heteroatoms. The van der Waals surface area contributed by atoms with Crippen LogP contribution in [0.1, 0.15) is 37.1 Å². The molecule has 6 nitrogen and oxygen atoms in total. The lowest BCUT2D eigenvalue weighted by molar-refractivity contribution is -0.151. The van der Waals surface area contributed by atoms with Crippen LogP contribution in [0.4, 0.5) is 0 Å². The van der Waals surface area contributed by atoms with Gasteiger partial charge in [-0.15, -0.1) is 0 Å². The number of carbonyl (C=O) groups is 2. The zero-order chi connectivity index (χ0) is 14.2. The highest BCUT2D eigenvalue weighted by Crippen LogP contribution is 2.37. The molecule has 2 heterocycles. The summed E-state index contributed by atoms with van der Waals surface area (Å²) in [6, 6.07) is -0.405. The highest BCUT2D eigenvalue weighted by atomic mass is 16.4. The van der Waals surface area contributed by atoms with E-state index in [1.165, 1.54) is 0 Å². The second-order valence-corrected chi connectivity index (χ2v) is 4.95. The van der Waals surface area contributed by atoms with Gasteiger partial charge in [0, 0.05) is 31.8 Å². The lowest BCUT2D eigenvalue weighted by atomic mass is 9.84. The van der Waals surface area contributed by atoms with Gasteiger partial charge in [-0.05, 0) is 20.3 Å². The summed E-state index contributed by atoms with van der Waals surface area (Å²) in [5.41, 5.74) is 1.62. The molecule has 1 saturated heterocycles. The fourth-order valence-electron chi connectivity index (χ4n) is 2.88. The number of carbonyl (C=O) groups excluding carboxylic acids is 1. The molecule has 1 aromatic rings. The lowest BCUT2D eigenvalue weighted by Gasteiger charge is -2.38. The van der Waals surface area contributed by atoms with Gasteiger partial charge in [0.15, 0.2) is 0 Å². The van der Waals surface area contributed by atoms with E-state index in [1.807, 2.05) is 20.0 Å². The maximum absolute atomic E-state index is 12.0. The van der Waals surface area contributed by atoms with Gasteiger partial charge in [0.2, 0.25) is 5.91 Å². The van der Waals surface area contributed by atoms with E-state index in [4.69, 9.17) is 0 Å². The van der Waals surface area contributed by atoms with E-state index in [1.54, 1.807) is 16.6 Å². The number of carboxylic acids is 1. The van der Waals surface area contributed by atoms with Crippen LogP contribution in [-0.2, 0) is 16.6 Å². The van der Waals surface area contributed by atoms with Crippen molar-refractivity contribution in [3.8, 4) is 0 Å². The van der Waals surface area contributed by atoms with Crippen LogP contribution >= 0.6 is 0 Å². The van der Waals surface area contributed by atoms with Crippen molar-refractivity contribution in [3.63, 3.8) is 0 Å². The minimum Gasteiger partial charge on any atom is -0.481 e. The number of aliphatic carboxylic acids is 1. The summed E-state index contributed by atoms with van der Waals surface area (Å²) in [5, 5.41) is 13.7. The number of carboxylic acid groups (broad SMARTS) is 1. The molecule has 1 fully saturated rings. The largest absolute Gasteiger partial charge is 0.481 e. The third-order valence-corrected chi connectivity index (χ3v) is 3.73. The molecule has 1 amide bonds. The van der Waals surface area contributed by atoms with Crippen molar-refractivity contribution < 1.29 is 14.7 Å². The first-order valence-corrected chi connectivity index (χ1v) is 6.48. The molecular formula is C13H19N3O3. The van der Waals surface area contributed by atoms with Crippen LogP contribution in [0.5, 0.6) is 0 Å². The first-order chi connectivity index (χ1) is 8.95. The third kappa shape index (κ3) is 2.34. The Morgan fingerprint density at radius 3 is 2.74 bits per heavy atom. The Kier molecular flexibility index (Phi) is 3.59. The standard InChI is InChI=1S/C13H19N3O3/c1-4-16-11(17)6-5-9(13(18)19)12(16)10-7-15(3)14-8(10)2/h7,9,12H,4-6H2,1-3H3,(H,18,19). The van der Waals surface area contributed by atoms with Crippen molar-refractivity contribution in [1.29, 1.82) is 0 Å². The lowest BCUT2D eigenvalue weighted by Crippen LogP contribution is -2.45. The summed E-state index contributed by atoms with van der Waals surface area (Å²) in [6.45, 7) is 4.24. The number of hydrogen-bond donors (Lipinski definition) is 1. The van der Waals surface area contributed by atoms with Crippen molar-refractivity contribution in [2.45, 2.75) is 32.7 Å². The molecule has 0 aliphatic carbocycles. The van der Waals surface area contributed by atoms with E-state index in [0.717, 1.165) is 11.3 Å². The van der Waals surface area contributed by atoms with Crippen LogP contribution in [-0.4, -0.2) is 38.2 Å². The smallest absolute Gasteiger partial charge is 0.308 e. The summed E-state index contributed by atoms with van der Waals surface area (Å²) < 4.78 is 1.66. The molecule has 0 bridgehead atoms. The SMILES string of the molecule is CCN1C(=O)CCC(C(=O)O)C1c1cn(C)nc1C. The molecule has 0 radical (unpaired) electrons. The normalized spacial score (nSPS) is 23.7. The molecule has 0 aromatic carbocycles. The highest BCUT2D eigenvalue weighted by Gasteiger charge is 2.41. The van der Waals surface area contributed by atoms with E-state index < -0.39 is 17.9 Å². The Hall–Kier alpha value is -1.85. The third-order valence-electron chi connectivity index (χ3n) is 3.73. The van der Waals surface area contributed by atoms with Crippen molar-refractivity contribution in [2.24, 2.45) is 13.0 Å². The molecule has 2 unspecified atom stereocenters. The van der Waals surface area contributed by atoms with Crippen molar-refractivity contribution >= 4 is 11.9 Å². The summed E-state index contributed by atoms with van der Waals surface area (Å²) in [7, 11) is 1.80. The maximum Gasteiger partial charge on any atom is 0.308 e. The van der Waals surface area contributed by atoms with Crippen molar-refractivity contribution in [3.05, 3.63) is 17.5 Å². The van der Waals surface area contributed by atoms with Crippen LogP contribution in [0.25, 0.3) is 0 Å². The first-order valence-electron chi connectivity index (χ1n) is 6.48. The van der Waals surface area contributed by atoms with E-state index in [2.05, 4.69) is 5.10 Å². The molecule has 1 aromatic heterocycles. The first kappa shape index (κ1) is 13.6. The van der Waals surface area contributed by atoms with E-state index in [9.17, 15) is 14.7 Å². The Bertz CT molecular complexity index is 507. The van der Waals surface area contributed by atoms with Gasteiger partial charge < -0.3 is 10.0 Å². The molecule has 1 aliphatic rings. The topological polar surface area (TPSA) is 75.4 Å². The predicted octanol–water partition coefficient (Wildman–Crippen LogP) is 1.11. The predicted molar refractivity (Wildman–Crippen MR) is 68.4 cm³/mol. The van der Waals surface area contributed by atoms with Gasteiger partial charge in [-0.2, -0.15) is 5.10 Å². The fourth-order valence-corrected chi connectivity index (χ4v) is 2.88. The Balaban J connectivity index is 2.47. The molecule has 1 aliphatic heterocycles. The van der Waals surface area contributed by atoms with Crippen LogP contribution in [0.15, 0.2) is 6.20 Å². The maximum atomic E-state index is 12.0. The van der Waals surface area contributed by atoms with E-state index in [-0.39, 0.29) is 5.91 Å². The fraction of sp³-hybridized carbons (Fsp3) is 0.615. The van der Waals surface area contributed by atoms with Crippen LogP contribution in [0.3, 0.4) is 0 Å². The minimum atomic E-state index is -0.848. The summed E-state index contributed by atoms with van der Waals surface area (Å²) in [4.78, 5) is 25.1. The monoisotopic (exact) mass is 265 g/mol. The van der Waals surface area contributed by atoms with Crippen LogP contribution in [0, 0.1) is 12.8 Å². The van der Waals surface area contributed by atoms with Gasteiger partial charge in [0.1, 0.15) is 0 Å². The molecule has 0 saturated carbocycles. The quantitative estimate of drug-likeness (QED) is 0.888. The Morgan fingerprint density at radius 2 is 2.26 bits per heavy atom. The van der Waals surface area contributed by atoms with Gasteiger partial charge in [-0.25, -0.2) is 0 Å².